The van der Waals surface area contributed by atoms with Gasteiger partial charge in [-0.05, 0) is 25.1 Å². The minimum absolute atomic E-state index is 0.0121. The Bertz CT molecular complexity index is 553. The van der Waals surface area contributed by atoms with Crippen LogP contribution >= 0.6 is 11.6 Å². The Morgan fingerprint density at radius 3 is 2.61 bits per heavy atom. The third kappa shape index (κ3) is 3.44. The number of benzene rings is 1. The van der Waals surface area contributed by atoms with Crippen LogP contribution in [0, 0.1) is 0 Å². The van der Waals surface area contributed by atoms with Crippen LogP contribution in [0.3, 0.4) is 0 Å². The fourth-order valence-electron chi connectivity index (χ4n) is 1.31. The normalized spacial score (nSPS) is 13.1. The van der Waals surface area contributed by atoms with E-state index < -0.39 is 21.9 Å². The van der Waals surface area contributed by atoms with E-state index in [-0.39, 0.29) is 22.1 Å². The summed E-state index contributed by atoms with van der Waals surface area (Å²) in [5.74, 6) is -0.870. The van der Waals surface area contributed by atoms with Crippen LogP contribution in [0.25, 0.3) is 0 Å². The first-order valence-electron chi connectivity index (χ1n) is 5.11. The van der Waals surface area contributed by atoms with Gasteiger partial charge in [0.05, 0.1) is 11.5 Å². The zero-order chi connectivity index (χ0) is 13.9. The van der Waals surface area contributed by atoms with E-state index in [9.17, 15) is 18.3 Å². The van der Waals surface area contributed by atoms with Crippen LogP contribution in [0.4, 0.5) is 0 Å². The van der Waals surface area contributed by atoms with Gasteiger partial charge in [0, 0.05) is 16.8 Å². The molecule has 18 heavy (non-hydrogen) atoms. The Kier molecular flexibility index (Phi) is 4.72. The Balaban J connectivity index is 3.20. The van der Waals surface area contributed by atoms with E-state index in [4.69, 9.17) is 11.6 Å². The number of ether oxygens (including phenoxy) is 1. The molecule has 0 aliphatic heterocycles. The van der Waals surface area contributed by atoms with E-state index in [1.54, 1.807) is 6.92 Å². The summed E-state index contributed by atoms with van der Waals surface area (Å²) in [5, 5.41) is 9.84. The first-order chi connectivity index (χ1) is 8.27. The molecule has 1 rings (SSSR count). The van der Waals surface area contributed by atoms with Crippen molar-refractivity contribution in [3.8, 4) is 0 Å². The molecule has 0 heterocycles. The lowest BCUT2D eigenvalue weighted by atomic mass is 10.1. The van der Waals surface area contributed by atoms with Crippen LogP contribution in [-0.2, 0) is 19.4 Å². The van der Waals surface area contributed by atoms with Crippen molar-refractivity contribution < 1.29 is 23.1 Å². The summed E-state index contributed by atoms with van der Waals surface area (Å²) < 4.78 is 27.4. The van der Waals surface area contributed by atoms with Gasteiger partial charge in [-0.25, -0.2) is 13.2 Å². The second-order valence-electron chi connectivity index (χ2n) is 3.61. The van der Waals surface area contributed by atoms with Gasteiger partial charge in [-0.2, -0.15) is 0 Å². The standard InChI is InChI=1S/C11H13ClO5S/c1-3-17-11(14)10(13)8-6-7(18(2,15)16)4-5-9(8)12/h4-6,10,13H,3H2,1-2H3. The summed E-state index contributed by atoms with van der Waals surface area (Å²) in [6, 6.07) is 3.79. The van der Waals surface area contributed by atoms with Crippen LogP contribution in [-0.4, -0.2) is 32.4 Å². The summed E-state index contributed by atoms with van der Waals surface area (Å²) >= 11 is 5.82. The molecule has 0 aliphatic rings. The average Bonchev–Trinajstić information content (AvgIpc) is 2.27. The maximum absolute atomic E-state index is 11.4. The summed E-state index contributed by atoms with van der Waals surface area (Å²) in [7, 11) is -3.44. The van der Waals surface area contributed by atoms with Crippen molar-refractivity contribution >= 4 is 27.4 Å². The maximum Gasteiger partial charge on any atom is 0.339 e. The molecular weight excluding hydrogens is 280 g/mol. The molecule has 1 aromatic carbocycles. The highest BCUT2D eigenvalue weighted by Gasteiger charge is 2.23. The molecule has 0 bridgehead atoms. The van der Waals surface area contributed by atoms with Gasteiger partial charge in [0.1, 0.15) is 0 Å². The van der Waals surface area contributed by atoms with Gasteiger partial charge >= 0.3 is 5.97 Å². The number of rotatable bonds is 4. The van der Waals surface area contributed by atoms with Gasteiger partial charge < -0.3 is 9.84 Å². The Hall–Kier alpha value is -1.11. The molecule has 0 aliphatic carbocycles. The summed E-state index contributed by atoms with van der Waals surface area (Å²) in [4.78, 5) is 11.4. The highest BCUT2D eigenvalue weighted by Crippen LogP contribution is 2.26. The predicted octanol–water partition coefficient (Wildman–Crippen LogP) is 1.34. The molecule has 0 fully saturated rings. The molecule has 1 atom stereocenters. The molecule has 100 valence electrons. The number of halogens is 1. The number of hydrogen-bond donors (Lipinski definition) is 1. The lowest BCUT2D eigenvalue weighted by Crippen LogP contribution is -2.16. The van der Waals surface area contributed by atoms with E-state index in [0.29, 0.717) is 0 Å². The van der Waals surface area contributed by atoms with Crippen molar-refractivity contribution in [3.05, 3.63) is 28.8 Å². The fourth-order valence-corrected chi connectivity index (χ4v) is 2.19. The van der Waals surface area contributed by atoms with Crippen molar-refractivity contribution in [2.75, 3.05) is 12.9 Å². The second-order valence-corrected chi connectivity index (χ2v) is 6.03. The smallest absolute Gasteiger partial charge is 0.339 e. The van der Waals surface area contributed by atoms with Crippen molar-refractivity contribution in [3.63, 3.8) is 0 Å². The van der Waals surface area contributed by atoms with E-state index in [2.05, 4.69) is 4.74 Å². The second kappa shape index (κ2) is 5.69. The van der Waals surface area contributed by atoms with Crippen molar-refractivity contribution in [1.29, 1.82) is 0 Å². The number of esters is 1. The summed E-state index contributed by atoms with van der Waals surface area (Å²) in [6.45, 7) is 1.71. The van der Waals surface area contributed by atoms with Crippen molar-refractivity contribution in [2.45, 2.75) is 17.9 Å². The summed E-state index contributed by atoms with van der Waals surface area (Å²) in [5.41, 5.74) is 0.0121. The van der Waals surface area contributed by atoms with Gasteiger partial charge in [-0.1, -0.05) is 11.6 Å². The highest BCUT2D eigenvalue weighted by molar-refractivity contribution is 7.90. The van der Waals surface area contributed by atoms with Crippen LogP contribution in [0.1, 0.15) is 18.6 Å². The summed E-state index contributed by atoms with van der Waals surface area (Å²) in [6.07, 6.45) is -0.573. The molecule has 1 unspecified atom stereocenters. The molecule has 1 aromatic rings. The SMILES string of the molecule is CCOC(=O)C(O)c1cc(S(C)(=O)=O)ccc1Cl. The third-order valence-corrected chi connectivity index (χ3v) is 3.65. The molecule has 5 nitrogen and oxygen atoms in total. The lowest BCUT2D eigenvalue weighted by molar-refractivity contribution is -0.153. The zero-order valence-corrected chi connectivity index (χ0v) is 11.5. The predicted molar refractivity (Wildman–Crippen MR) is 66.2 cm³/mol. The van der Waals surface area contributed by atoms with Gasteiger partial charge in [0.2, 0.25) is 0 Å². The number of carbonyl (C=O) groups is 1. The monoisotopic (exact) mass is 292 g/mol. The molecule has 0 saturated carbocycles. The number of aliphatic hydroxyl groups excluding tert-OH is 1. The van der Waals surface area contributed by atoms with Crippen molar-refractivity contribution in [2.24, 2.45) is 0 Å². The van der Waals surface area contributed by atoms with E-state index in [1.807, 2.05) is 0 Å². The fraction of sp³-hybridized carbons (Fsp3) is 0.364. The number of aliphatic hydroxyl groups is 1. The lowest BCUT2D eigenvalue weighted by Gasteiger charge is -2.12. The largest absolute Gasteiger partial charge is 0.464 e. The first kappa shape index (κ1) is 14.9. The number of hydrogen-bond acceptors (Lipinski definition) is 5. The van der Waals surface area contributed by atoms with E-state index >= 15 is 0 Å². The van der Waals surface area contributed by atoms with Gasteiger partial charge in [0.25, 0.3) is 0 Å². The highest BCUT2D eigenvalue weighted by atomic mass is 35.5. The average molecular weight is 293 g/mol. The Labute approximate surface area is 110 Å². The van der Waals surface area contributed by atoms with Crippen molar-refractivity contribution in [1.82, 2.24) is 0 Å². The topological polar surface area (TPSA) is 80.7 Å². The quantitative estimate of drug-likeness (QED) is 0.847. The Morgan fingerprint density at radius 2 is 2.11 bits per heavy atom. The number of carbonyl (C=O) groups excluding carboxylic acids is 1. The molecule has 1 N–H and O–H groups in total. The van der Waals surface area contributed by atoms with Gasteiger partial charge in [0.15, 0.2) is 15.9 Å². The maximum atomic E-state index is 11.4. The minimum atomic E-state index is -3.44. The molecular formula is C11H13ClO5S. The molecule has 0 spiro atoms. The van der Waals surface area contributed by atoms with Crippen LogP contribution in [0.15, 0.2) is 23.1 Å². The van der Waals surface area contributed by atoms with Crippen LogP contribution in [0.5, 0.6) is 0 Å². The number of sulfone groups is 1. The zero-order valence-electron chi connectivity index (χ0n) is 9.88. The van der Waals surface area contributed by atoms with Crippen LogP contribution < -0.4 is 0 Å². The molecule has 0 amide bonds. The van der Waals surface area contributed by atoms with E-state index in [1.165, 1.54) is 18.2 Å². The van der Waals surface area contributed by atoms with Gasteiger partial charge in [-0.3, -0.25) is 0 Å². The molecule has 0 saturated heterocycles. The molecule has 7 heteroatoms. The van der Waals surface area contributed by atoms with Gasteiger partial charge in [-0.15, -0.1) is 0 Å². The third-order valence-electron chi connectivity index (χ3n) is 2.20. The molecule has 0 aromatic heterocycles. The van der Waals surface area contributed by atoms with Crippen LogP contribution in [0.2, 0.25) is 5.02 Å². The molecule has 0 radical (unpaired) electrons. The Morgan fingerprint density at radius 1 is 1.50 bits per heavy atom. The minimum Gasteiger partial charge on any atom is -0.464 e. The first-order valence-corrected chi connectivity index (χ1v) is 7.38. The van der Waals surface area contributed by atoms with E-state index in [0.717, 1.165) is 6.26 Å².